The quantitative estimate of drug-likeness (QED) is 0.752. The number of anilines is 1. The highest BCUT2D eigenvalue weighted by molar-refractivity contribution is 6.09. The summed E-state index contributed by atoms with van der Waals surface area (Å²) in [5.41, 5.74) is -1.19. The molecule has 4 amide bonds. The summed E-state index contributed by atoms with van der Waals surface area (Å²) in [6.07, 6.45) is -2.66. The van der Waals surface area contributed by atoms with Gasteiger partial charge in [0.05, 0.1) is 5.56 Å². The lowest BCUT2D eigenvalue weighted by Gasteiger charge is -2.36. The molecule has 4 rings (SSSR count). The molecule has 1 saturated carbocycles. The number of piperazine rings is 1. The van der Waals surface area contributed by atoms with Gasteiger partial charge in [-0.15, -0.1) is 0 Å². The van der Waals surface area contributed by atoms with E-state index in [0.717, 1.165) is 29.9 Å². The van der Waals surface area contributed by atoms with Gasteiger partial charge in [0.2, 0.25) is 5.91 Å². The molecule has 30 heavy (non-hydrogen) atoms. The molecule has 7 nitrogen and oxygen atoms in total. The molecule has 0 bridgehead atoms. The molecule has 0 spiro atoms. The van der Waals surface area contributed by atoms with Crippen molar-refractivity contribution in [3.8, 4) is 0 Å². The van der Waals surface area contributed by atoms with E-state index in [0.29, 0.717) is 31.9 Å². The molecule has 2 aliphatic heterocycles. The number of carbonyl (C=O) groups is 3. The summed E-state index contributed by atoms with van der Waals surface area (Å²) >= 11 is 0. The van der Waals surface area contributed by atoms with E-state index in [-0.39, 0.29) is 24.3 Å². The van der Waals surface area contributed by atoms with Gasteiger partial charge in [0.25, 0.3) is 5.91 Å². The normalized spacial score (nSPS) is 25.0. The molecule has 0 radical (unpaired) electrons. The maximum atomic E-state index is 12.9. The number of hydrogen-bond acceptors (Lipinski definition) is 4. The van der Waals surface area contributed by atoms with Crippen LogP contribution in [0, 0.1) is 5.92 Å². The van der Waals surface area contributed by atoms with Crippen molar-refractivity contribution in [3.63, 3.8) is 0 Å². The standard InChI is InChI=1S/C20H23F3N4O3/c1-19(13-5-6-13)17(29)27(18(30)24-19)12-16(28)26-9-7-25(8-10-26)15-4-2-3-14(11-15)20(21,22)23/h2-4,11,13H,5-10,12H2,1H3,(H,24,30)/t19-/m0/s1. The molecule has 3 aliphatic rings. The van der Waals surface area contributed by atoms with Gasteiger partial charge >= 0.3 is 12.2 Å². The van der Waals surface area contributed by atoms with Crippen molar-refractivity contribution in [1.29, 1.82) is 0 Å². The molecule has 0 unspecified atom stereocenters. The molecule has 1 aliphatic carbocycles. The minimum absolute atomic E-state index is 0.116. The van der Waals surface area contributed by atoms with Gasteiger partial charge in [-0.1, -0.05) is 6.07 Å². The highest BCUT2D eigenvalue weighted by Gasteiger charge is 2.56. The predicted octanol–water partition coefficient (Wildman–Crippen LogP) is 2.07. The number of nitrogens with one attached hydrogen (secondary N) is 1. The Bertz CT molecular complexity index is 878. The van der Waals surface area contributed by atoms with Gasteiger partial charge in [-0.2, -0.15) is 13.2 Å². The van der Waals surface area contributed by atoms with Crippen LogP contribution in [0.25, 0.3) is 0 Å². The summed E-state index contributed by atoms with van der Waals surface area (Å²) < 4.78 is 38.8. The highest BCUT2D eigenvalue weighted by atomic mass is 19.4. The van der Waals surface area contributed by atoms with Crippen LogP contribution in [-0.2, 0) is 15.8 Å². The lowest BCUT2D eigenvalue weighted by atomic mass is 9.96. The summed E-state index contributed by atoms with van der Waals surface area (Å²) in [6.45, 7) is 2.72. The minimum Gasteiger partial charge on any atom is -0.368 e. The first-order valence-electron chi connectivity index (χ1n) is 9.93. The van der Waals surface area contributed by atoms with E-state index in [1.807, 2.05) is 0 Å². The van der Waals surface area contributed by atoms with E-state index in [1.54, 1.807) is 17.9 Å². The Labute approximate surface area is 171 Å². The minimum atomic E-state index is -4.41. The molecule has 1 aromatic carbocycles. The molecule has 2 heterocycles. The fourth-order valence-electron chi connectivity index (χ4n) is 4.12. The first-order valence-corrected chi connectivity index (χ1v) is 9.93. The van der Waals surface area contributed by atoms with Gasteiger partial charge in [-0.05, 0) is 43.9 Å². The molecule has 2 saturated heterocycles. The van der Waals surface area contributed by atoms with Crippen LogP contribution < -0.4 is 10.2 Å². The highest BCUT2D eigenvalue weighted by Crippen LogP contribution is 2.42. The SMILES string of the molecule is C[C@@]1(C2CC2)NC(=O)N(CC(=O)N2CCN(c3cccc(C(F)(F)F)c3)CC2)C1=O. The number of nitrogens with zero attached hydrogens (tertiary/aromatic N) is 3. The molecule has 0 aromatic heterocycles. The number of amides is 4. The monoisotopic (exact) mass is 424 g/mol. The van der Waals surface area contributed by atoms with Gasteiger partial charge < -0.3 is 15.1 Å². The first-order chi connectivity index (χ1) is 14.1. The van der Waals surface area contributed by atoms with E-state index >= 15 is 0 Å². The molecule has 1 atom stereocenters. The third-order valence-corrected chi connectivity index (χ3v) is 6.16. The third kappa shape index (κ3) is 3.70. The van der Waals surface area contributed by atoms with Gasteiger partial charge in [-0.25, -0.2) is 4.79 Å². The third-order valence-electron chi connectivity index (χ3n) is 6.16. The van der Waals surface area contributed by atoms with Crippen LogP contribution in [0.15, 0.2) is 24.3 Å². The van der Waals surface area contributed by atoms with E-state index in [9.17, 15) is 27.6 Å². The Kier molecular flexibility index (Phi) is 4.90. The molecule has 1 N–H and O–H groups in total. The van der Waals surface area contributed by atoms with Crippen LogP contribution in [-0.4, -0.2) is 65.9 Å². The van der Waals surface area contributed by atoms with Crippen molar-refractivity contribution in [2.24, 2.45) is 5.92 Å². The molecule has 1 aromatic rings. The number of imide groups is 1. The number of halogens is 3. The van der Waals surface area contributed by atoms with Crippen LogP contribution in [0.4, 0.5) is 23.7 Å². The lowest BCUT2D eigenvalue weighted by Crippen LogP contribution is -2.52. The van der Waals surface area contributed by atoms with Crippen molar-refractivity contribution < 1.29 is 27.6 Å². The summed E-state index contributed by atoms with van der Waals surface area (Å²) in [7, 11) is 0. The van der Waals surface area contributed by atoms with Crippen LogP contribution in [0.2, 0.25) is 0 Å². The maximum absolute atomic E-state index is 12.9. The van der Waals surface area contributed by atoms with Gasteiger partial charge in [0.15, 0.2) is 0 Å². The second-order valence-electron chi connectivity index (χ2n) is 8.21. The maximum Gasteiger partial charge on any atom is 0.416 e. The van der Waals surface area contributed by atoms with Crippen molar-refractivity contribution in [3.05, 3.63) is 29.8 Å². The molecular weight excluding hydrogens is 401 g/mol. The zero-order valence-electron chi connectivity index (χ0n) is 16.5. The number of benzene rings is 1. The smallest absolute Gasteiger partial charge is 0.368 e. The Morgan fingerprint density at radius 3 is 2.43 bits per heavy atom. The Morgan fingerprint density at radius 1 is 1.17 bits per heavy atom. The molecular formula is C20H23F3N4O3. The summed E-state index contributed by atoms with van der Waals surface area (Å²) in [6, 6.07) is 4.55. The average Bonchev–Trinajstić information content (AvgIpc) is 3.53. The Balaban J connectivity index is 1.35. The fraction of sp³-hybridized carbons (Fsp3) is 0.550. The number of rotatable bonds is 4. The Morgan fingerprint density at radius 2 is 1.83 bits per heavy atom. The molecule has 3 fully saturated rings. The predicted molar refractivity (Wildman–Crippen MR) is 102 cm³/mol. The van der Waals surface area contributed by atoms with Crippen LogP contribution in [0.1, 0.15) is 25.3 Å². The van der Waals surface area contributed by atoms with E-state index in [2.05, 4.69) is 5.32 Å². The Hall–Kier alpha value is -2.78. The van der Waals surface area contributed by atoms with Gasteiger partial charge in [0, 0.05) is 31.9 Å². The van der Waals surface area contributed by atoms with E-state index in [1.165, 1.54) is 11.0 Å². The summed E-state index contributed by atoms with van der Waals surface area (Å²) in [4.78, 5) is 41.8. The zero-order chi connectivity index (χ0) is 21.7. The van der Waals surface area contributed by atoms with E-state index < -0.39 is 23.3 Å². The van der Waals surface area contributed by atoms with Gasteiger partial charge in [-0.3, -0.25) is 14.5 Å². The number of carbonyl (C=O) groups excluding carboxylic acids is 3. The topological polar surface area (TPSA) is 73.0 Å². The second-order valence-corrected chi connectivity index (χ2v) is 8.21. The number of alkyl halides is 3. The van der Waals surface area contributed by atoms with Crippen molar-refractivity contribution in [2.75, 3.05) is 37.6 Å². The largest absolute Gasteiger partial charge is 0.416 e. The van der Waals surface area contributed by atoms with Crippen LogP contribution in [0.3, 0.4) is 0 Å². The first kappa shape index (κ1) is 20.5. The lowest BCUT2D eigenvalue weighted by molar-refractivity contribution is -0.139. The van der Waals surface area contributed by atoms with Crippen molar-refractivity contribution in [2.45, 2.75) is 31.5 Å². The zero-order valence-corrected chi connectivity index (χ0v) is 16.5. The second kappa shape index (κ2) is 7.17. The molecule has 10 heteroatoms. The van der Waals surface area contributed by atoms with E-state index in [4.69, 9.17) is 0 Å². The summed E-state index contributed by atoms with van der Waals surface area (Å²) in [5, 5.41) is 2.71. The van der Waals surface area contributed by atoms with Crippen LogP contribution >= 0.6 is 0 Å². The number of hydrogen-bond donors (Lipinski definition) is 1. The van der Waals surface area contributed by atoms with Gasteiger partial charge in [0.1, 0.15) is 12.1 Å². The summed E-state index contributed by atoms with van der Waals surface area (Å²) in [5.74, 6) is -0.599. The van der Waals surface area contributed by atoms with Crippen LogP contribution in [0.5, 0.6) is 0 Å². The average molecular weight is 424 g/mol. The fourth-order valence-corrected chi connectivity index (χ4v) is 4.12. The number of urea groups is 1. The van der Waals surface area contributed by atoms with Crippen molar-refractivity contribution in [1.82, 2.24) is 15.1 Å². The van der Waals surface area contributed by atoms with Crippen molar-refractivity contribution >= 4 is 23.5 Å². The molecule has 162 valence electrons.